The third-order valence-corrected chi connectivity index (χ3v) is 7.31. The second kappa shape index (κ2) is 11.9. The molecular formula is C31H27F5N2O4. The highest BCUT2D eigenvalue weighted by molar-refractivity contribution is 5.67. The van der Waals surface area contributed by atoms with Gasteiger partial charge in [-0.25, -0.2) is 13.6 Å². The maximum Gasteiger partial charge on any atom is 0.416 e. The fourth-order valence-corrected chi connectivity index (χ4v) is 5.10. The average molecular weight is 587 g/mol. The summed E-state index contributed by atoms with van der Waals surface area (Å²) in [6.07, 6.45) is -4.51. The summed E-state index contributed by atoms with van der Waals surface area (Å²) < 4.78 is 84.9. The molecule has 0 radical (unpaired) electrons. The van der Waals surface area contributed by atoms with Crippen LogP contribution in [0, 0.1) is 18.6 Å². The van der Waals surface area contributed by atoms with Crippen molar-refractivity contribution in [3.05, 3.63) is 122 Å². The molecule has 11 heteroatoms. The van der Waals surface area contributed by atoms with Crippen LogP contribution in [0.5, 0.6) is 5.75 Å². The fourth-order valence-electron chi connectivity index (χ4n) is 5.10. The highest BCUT2D eigenvalue weighted by Gasteiger charge is 2.35. The second-order valence-corrected chi connectivity index (χ2v) is 10.0. The Balaban J connectivity index is 1.68. The zero-order chi connectivity index (χ0) is 30.0. The number of alkyl halides is 3. The topological polar surface area (TPSA) is 62.5 Å². The number of rotatable bonds is 8. The first-order chi connectivity index (χ1) is 20.1. The number of aromatic nitrogens is 2. The van der Waals surface area contributed by atoms with E-state index in [0.29, 0.717) is 13.0 Å². The molecule has 220 valence electrons. The molecule has 2 heterocycles. The van der Waals surface area contributed by atoms with E-state index in [1.54, 1.807) is 30.3 Å². The SMILES string of the molecule is Cc1c(-c2cccc(O[C@H]3CCOC3)c2F)c(=O)n(CCc2ccccc2)c(=O)n1Cc1c(F)cccc1C(F)(F)F. The van der Waals surface area contributed by atoms with Gasteiger partial charge >= 0.3 is 11.9 Å². The van der Waals surface area contributed by atoms with E-state index in [9.17, 15) is 27.2 Å². The summed E-state index contributed by atoms with van der Waals surface area (Å²) in [5.74, 6) is -2.17. The Morgan fingerprint density at radius 2 is 1.69 bits per heavy atom. The van der Waals surface area contributed by atoms with E-state index in [0.717, 1.165) is 32.9 Å². The molecule has 1 saturated heterocycles. The Morgan fingerprint density at radius 3 is 2.38 bits per heavy atom. The van der Waals surface area contributed by atoms with Crippen LogP contribution in [0.15, 0.2) is 76.3 Å². The van der Waals surface area contributed by atoms with Crippen molar-refractivity contribution >= 4 is 0 Å². The van der Waals surface area contributed by atoms with Crippen molar-refractivity contribution in [2.24, 2.45) is 0 Å². The van der Waals surface area contributed by atoms with Crippen LogP contribution in [0.4, 0.5) is 22.0 Å². The molecule has 1 aromatic heterocycles. The number of benzene rings is 3. The first kappa shape index (κ1) is 29.2. The van der Waals surface area contributed by atoms with E-state index in [4.69, 9.17) is 9.47 Å². The zero-order valence-electron chi connectivity index (χ0n) is 22.6. The van der Waals surface area contributed by atoms with Gasteiger partial charge in [0.2, 0.25) is 0 Å². The molecule has 0 aliphatic carbocycles. The van der Waals surface area contributed by atoms with E-state index >= 15 is 4.39 Å². The van der Waals surface area contributed by atoms with Crippen LogP contribution < -0.4 is 16.0 Å². The number of ether oxygens (including phenoxy) is 2. The summed E-state index contributed by atoms with van der Waals surface area (Å²) in [4.78, 5) is 27.5. The van der Waals surface area contributed by atoms with Gasteiger partial charge in [0.05, 0.1) is 30.9 Å². The van der Waals surface area contributed by atoms with Gasteiger partial charge < -0.3 is 9.47 Å². The van der Waals surface area contributed by atoms with Crippen molar-refractivity contribution in [2.75, 3.05) is 13.2 Å². The minimum absolute atomic E-state index is 0.113. The molecule has 3 aromatic carbocycles. The molecule has 1 aliphatic heterocycles. The Morgan fingerprint density at radius 1 is 0.952 bits per heavy atom. The van der Waals surface area contributed by atoms with E-state index < -0.39 is 52.8 Å². The summed E-state index contributed by atoms with van der Waals surface area (Å²) >= 11 is 0. The first-order valence-corrected chi connectivity index (χ1v) is 13.3. The average Bonchev–Trinajstić information content (AvgIpc) is 3.47. The summed E-state index contributed by atoms with van der Waals surface area (Å²) in [6.45, 7) is 1.07. The fraction of sp³-hybridized carbons (Fsp3) is 0.290. The lowest BCUT2D eigenvalue weighted by molar-refractivity contribution is -0.138. The van der Waals surface area contributed by atoms with Crippen LogP contribution in [0.1, 0.15) is 28.8 Å². The zero-order valence-corrected chi connectivity index (χ0v) is 22.6. The molecule has 0 N–H and O–H groups in total. The Labute approximate surface area is 237 Å². The molecule has 0 unspecified atom stereocenters. The maximum atomic E-state index is 15.9. The molecule has 6 nitrogen and oxygen atoms in total. The molecule has 42 heavy (non-hydrogen) atoms. The van der Waals surface area contributed by atoms with Crippen molar-refractivity contribution in [1.29, 1.82) is 0 Å². The molecule has 0 amide bonds. The molecule has 0 saturated carbocycles. The van der Waals surface area contributed by atoms with Gasteiger partial charge in [-0.1, -0.05) is 48.5 Å². The largest absolute Gasteiger partial charge is 0.485 e. The van der Waals surface area contributed by atoms with Gasteiger partial charge in [0, 0.05) is 29.8 Å². The second-order valence-electron chi connectivity index (χ2n) is 10.0. The van der Waals surface area contributed by atoms with Gasteiger partial charge in [0.15, 0.2) is 11.6 Å². The van der Waals surface area contributed by atoms with Crippen LogP contribution in [-0.4, -0.2) is 28.5 Å². The minimum Gasteiger partial charge on any atom is -0.485 e. The van der Waals surface area contributed by atoms with Gasteiger partial charge in [-0.3, -0.25) is 13.9 Å². The van der Waals surface area contributed by atoms with Crippen molar-refractivity contribution in [3.63, 3.8) is 0 Å². The van der Waals surface area contributed by atoms with Crippen molar-refractivity contribution in [1.82, 2.24) is 9.13 Å². The van der Waals surface area contributed by atoms with Crippen LogP contribution in [0.3, 0.4) is 0 Å². The van der Waals surface area contributed by atoms with Crippen LogP contribution in [0.25, 0.3) is 11.1 Å². The molecule has 4 aromatic rings. The predicted molar refractivity (Wildman–Crippen MR) is 146 cm³/mol. The van der Waals surface area contributed by atoms with Crippen molar-refractivity contribution in [2.45, 2.75) is 45.1 Å². The van der Waals surface area contributed by atoms with Gasteiger partial charge in [0.25, 0.3) is 5.56 Å². The van der Waals surface area contributed by atoms with Gasteiger partial charge in [-0.15, -0.1) is 0 Å². The lowest BCUT2D eigenvalue weighted by Gasteiger charge is -2.21. The van der Waals surface area contributed by atoms with Crippen molar-refractivity contribution < 1.29 is 31.4 Å². The maximum absolute atomic E-state index is 15.9. The van der Waals surface area contributed by atoms with Gasteiger partial charge in [0.1, 0.15) is 11.9 Å². The quantitative estimate of drug-likeness (QED) is 0.247. The number of aryl methyl sites for hydroxylation is 1. The summed E-state index contributed by atoms with van der Waals surface area (Å²) in [7, 11) is 0. The summed E-state index contributed by atoms with van der Waals surface area (Å²) in [6, 6.07) is 15.7. The van der Waals surface area contributed by atoms with E-state index in [-0.39, 0.29) is 42.1 Å². The third kappa shape index (κ3) is 5.87. The Bertz CT molecular complexity index is 1710. The Hall–Kier alpha value is -4.25. The molecular weight excluding hydrogens is 559 g/mol. The van der Waals surface area contributed by atoms with E-state index in [2.05, 4.69) is 0 Å². The Kier molecular flexibility index (Phi) is 8.31. The number of hydrogen-bond acceptors (Lipinski definition) is 4. The molecule has 1 fully saturated rings. The monoisotopic (exact) mass is 586 g/mol. The molecule has 5 rings (SSSR count). The summed E-state index contributed by atoms with van der Waals surface area (Å²) in [5, 5.41) is 0. The molecule has 1 atom stereocenters. The standard InChI is InChI=1S/C31H27F5N2O4/c1-19-27(22-9-5-12-26(28(22)33)42-21-14-16-41-18-21)29(39)37(15-13-20-7-3-2-4-8-20)30(40)38(19)17-23-24(31(34,35)36)10-6-11-25(23)32/h2-12,21H,13-18H2,1H3/t21-/m0/s1. The lowest BCUT2D eigenvalue weighted by Crippen LogP contribution is -2.43. The number of halogens is 5. The van der Waals surface area contributed by atoms with Gasteiger partial charge in [-0.2, -0.15) is 13.2 Å². The lowest BCUT2D eigenvalue weighted by atomic mass is 10.0. The van der Waals surface area contributed by atoms with Crippen LogP contribution in [-0.2, 0) is 30.4 Å². The first-order valence-electron chi connectivity index (χ1n) is 13.3. The van der Waals surface area contributed by atoms with E-state index in [1.807, 2.05) is 0 Å². The molecule has 0 spiro atoms. The number of nitrogens with zero attached hydrogens (tertiary/aromatic N) is 2. The van der Waals surface area contributed by atoms with Crippen molar-refractivity contribution in [3.8, 4) is 16.9 Å². The highest BCUT2D eigenvalue weighted by Crippen LogP contribution is 2.34. The smallest absolute Gasteiger partial charge is 0.416 e. The van der Waals surface area contributed by atoms with Crippen LogP contribution in [0.2, 0.25) is 0 Å². The summed E-state index contributed by atoms with van der Waals surface area (Å²) in [5.41, 5.74) is -3.53. The predicted octanol–water partition coefficient (Wildman–Crippen LogP) is 5.74. The molecule has 0 bridgehead atoms. The normalized spacial score (nSPS) is 15.2. The van der Waals surface area contributed by atoms with Gasteiger partial charge in [-0.05, 0) is 37.1 Å². The minimum atomic E-state index is -4.90. The van der Waals surface area contributed by atoms with Crippen LogP contribution >= 0.6 is 0 Å². The molecule has 1 aliphatic rings. The highest BCUT2D eigenvalue weighted by atomic mass is 19.4. The van der Waals surface area contributed by atoms with E-state index in [1.165, 1.54) is 25.1 Å². The number of hydrogen-bond donors (Lipinski definition) is 0. The third-order valence-electron chi connectivity index (χ3n) is 7.31.